The van der Waals surface area contributed by atoms with E-state index in [0.717, 1.165) is 17.9 Å². The Balaban J connectivity index is 1.99. The van der Waals surface area contributed by atoms with Gasteiger partial charge < -0.3 is 15.4 Å². The predicted molar refractivity (Wildman–Crippen MR) is 96.8 cm³/mol. The summed E-state index contributed by atoms with van der Waals surface area (Å²) in [5.41, 5.74) is 2.08. The molecular weight excluding hydrogens is 316 g/mol. The molecule has 0 heterocycles. The number of benzene rings is 2. The highest BCUT2D eigenvalue weighted by atomic mass is 35.5. The highest BCUT2D eigenvalue weighted by Gasteiger charge is 2.10. The molecule has 2 N–H and O–H groups in total. The lowest BCUT2D eigenvalue weighted by Gasteiger charge is -2.20. The van der Waals surface area contributed by atoms with E-state index in [-0.39, 0.29) is 6.04 Å². The first-order valence-electron chi connectivity index (χ1n) is 7.09. The maximum Gasteiger partial charge on any atom is 0.171 e. The van der Waals surface area contributed by atoms with E-state index in [4.69, 9.17) is 28.6 Å². The van der Waals surface area contributed by atoms with Crippen LogP contribution in [0.25, 0.3) is 0 Å². The van der Waals surface area contributed by atoms with Crippen LogP contribution in [-0.4, -0.2) is 12.2 Å². The van der Waals surface area contributed by atoms with Crippen molar-refractivity contribution in [3.8, 4) is 5.75 Å². The molecule has 2 aromatic rings. The van der Waals surface area contributed by atoms with Gasteiger partial charge in [0, 0.05) is 10.7 Å². The van der Waals surface area contributed by atoms with Crippen LogP contribution in [0.5, 0.6) is 5.75 Å². The highest BCUT2D eigenvalue weighted by molar-refractivity contribution is 7.80. The second-order valence-electron chi connectivity index (χ2n) is 4.84. The maximum absolute atomic E-state index is 5.87. The SMILES string of the molecule is CC[C@@H](NC(=S)Nc1ccc(Cl)cc1)c1ccc(OC)cc1. The van der Waals surface area contributed by atoms with Crippen molar-refractivity contribution in [2.75, 3.05) is 12.4 Å². The molecule has 0 aliphatic carbocycles. The van der Waals surface area contributed by atoms with E-state index in [0.29, 0.717) is 10.1 Å². The zero-order chi connectivity index (χ0) is 15.9. The van der Waals surface area contributed by atoms with E-state index in [1.54, 1.807) is 7.11 Å². The van der Waals surface area contributed by atoms with Gasteiger partial charge in [0.25, 0.3) is 0 Å². The Morgan fingerprint density at radius 2 is 1.77 bits per heavy atom. The summed E-state index contributed by atoms with van der Waals surface area (Å²) in [7, 11) is 1.66. The standard InChI is InChI=1S/C17H19ClN2OS/c1-3-16(12-4-10-15(21-2)11-5-12)20-17(22)19-14-8-6-13(18)7-9-14/h4-11,16H,3H2,1-2H3,(H2,19,20,22)/t16-/m1/s1. The van der Waals surface area contributed by atoms with Gasteiger partial charge in [0.2, 0.25) is 0 Å². The van der Waals surface area contributed by atoms with E-state index in [1.165, 1.54) is 5.56 Å². The van der Waals surface area contributed by atoms with Crippen molar-refractivity contribution in [1.82, 2.24) is 5.32 Å². The van der Waals surface area contributed by atoms with Crippen molar-refractivity contribution in [3.63, 3.8) is 0 Å². The molecule has 0 bridgehead atoms. The maximum atomic E-state index is 5.87. The zero-order valence-electron chi connectivity index (χ0n) is 12.6. The van der Waals surface area contributed by atoms with Crippen LogP contribution < -0.4 is 15.4 Å². The average Bonchev–Trinajstić information content (AvgIpc) is 2.55. The lowest BCUT2D eigenvalue weighted by molar-refractivity contribution is 0.414. The van der Waals surface area contributed by atoms with Crippen LogP contribution in [0.1, 0.15) is 24.9 Å². The molecular formula is C17H19ClN2OS. The number of rotatable bonds is 5. The molecule has 22 heavy (non-hydrogen) atoms. The quantitative estimate of drug-likeness (QED) is 0.770. The van der Waals surface area contributed by atoms with Crippen molar-refractivity contribution >= 4 is 34.6 Å². The number of nitrogens with one attached hydrogen (secondary N) is 2. The molecule has 0 amide bonds. The Morgan fingerprint density at radius 3 is 2.32 bits per heavy atom. The molecule has 0 saturated heterocycles. The summed E-state index contributed by atoms with van der Waals surface area (Å²) >= 11 is 11.3. The van der Waals surface area contributed by atoms with Crippen molar-refractivity contribution in [3.05, 3.63) is 59.1 Å². The zero-order valence-corrected chi connectivity index (χ0v) is 14.2. The summed E-state index contributed by atoms with van der Waals surface area (Å²) < 4.78 is 5.18. The van der Waals surface area contributed by atoms with Crippen LogP contribution in [0.3, 0.4) is 0 Å². The second-order valence-corrected chi connectivity index (χ2v) is 5.68. The van der Waals surface area contributed by atoms with Crippen molar-refractivity contribution in [2.45, 2.75) is 19.4 Å². The van der Waals surface area contributed by atoms with E-state index < -0.39 is 0 Å². The highest BCUT2D eigenvalue weighted by Crippen LogP contribution is 2.20. The largest absolute Gasteiger partial charge is 0.497 e. The number of hydrogen-bond donors (Lipinski definition) is 2. The lowest BCUT2D eigenvalue weighted by atomic mass is 10.0. The van der Waals surface area contributed by atoms with Gasteiger partial charge in [-0.05, 0) is 60.6 Å². The minimum absolute atomic E-state index is 0.151. The van der Waals surface area contributed by atoms with Gasteiger partial charge in [-0.2, -0.15) is 0 Å². The van der Waals surface area contributed by atoms with E-state index >= 15 is 0 Å². The summed E-state index contributed by atoms with van der Waals surface area (Å²) in [4.78, 5) is 0. The Kier molecular flexibility index (Phi) is 6.04. The molecule has 0 spiro atoms. The third kappa shape index (κ3) is 4.61. The van der Waals surface area contributed by atoms with Gasteiger partial charge in [-0.15, -0.1) is 0 Å². The predicted octanol–water partition coefficient (Wildman–Crippen LogP) is 4.79. The first-order valence-corrected chi connectivity index (χ1v) is 7.88. The fourth-order valence-corrected chi connectivity index (χ4v) is 2.50. The summed E-state index contributed by atoms with van der Waals surface area (Å²) in [5.74, 6) is 0.848. The number of ether oxygens (including phenoxy) is 1. The summed E-state index contributed by atoms with van der Waals surface area (Å²) in [6.45, 7) is 2.12. The molecule has 3 nitrogen and oxygen atoms in total. The Bertz CT molecular complexity index is 614. The van der Waals surface area contributed by atoms with Crippen LogP contribution in [0.15, 0.2) is 48.5 Å². The van der Waals surface area contributed by atoms with Gasteiger partial charge in [-0.3, -0.25) is 0 Å². The number of thiocarbonyl (C=S) groups is 1. The molecule has 116 valence electrons. The molecule has 0 saturated carbocycles. The summed E-state index contributed by atoms with van der Waals surface area (Å²) in [6.07, 6.45) is 0.925. The van der Waals surface area contributed by atoms with Gasteiger partial charge in [0.05, 0.1) is 13.2 Å². The van der Waals surface area contributed by atoms with Crippen molar-refractivity contribution in [1.29, 1.82) is 0 Å². The monoisotopic (exact) mass is 334 g/mol. The van der Waals surface area contributed by atoms with Crippen LogP contribution in [-0.2, 0) is 0 Å². The molecule has 0 aliphatic rings. The molecule has 0 aromatic heterocycles. The van der Waals surface area contributed by atoms with Crippen molar-refractivity contribution < 1.29 is 4.74 Å². The molecule has 5 heteroatoms. The number of hydrogen-bond acceptors (Lipinski definition) is 2. The Hall–Kier alpha value is -1.78. The van der Waals surface area contributed by atoms with Gasteiger partial charge in [0.15, 0.2) is 5.11 Å². The molecule has 2 rings (SSSR count). The number of anilines is 1. The molecule has 0 radical (unpaired) electrons. The topological polar surface area (TPSA) is 33.3 Å². The van der Waals surface area contributed by atoms with E-state index in [2.05, 4.69) is 17.6 Å². The Morgan fingerprint density at radius 1 is 1.14 bits per heavy atom. The van der Waals surface area contributed by atoms with Crippen LogP contribution in [0.2, 0.25) is 5.02 Å². The molecule has 0 aliphatic heterocycles. The minimum atomic E-state index is 0.151. The molecule has 1 atom stereocenters. The van der Waals surface area contributed by atoms with Gasteiger partial charge in [0.1, 0.15) is 5.75 Å². The second kappa shape index (κ2) is 8.01. The van der Waals surface area contributed by atoms with E-state index in [1.807, 2.05) is 48.5 Å². The lowest BCUT2D eigenvalue weighted by Crippen LogP contribution is -2.32. The fourth-order valence-electron chi connectivity index (χ4n) is 2.12. The molecule has 0 fully saturated rings. The van der Waals surface area contributed by atoms with E-state index in [9.17, 15) is 0 Å². The van der Waals surface area contributed by atoms with Crippen LogP contribution in [0.4, 0.5) is 5.69 Å². The number of methoxy groups -OCH3 is 1. The van der Waals surface area contributed by atoms with Gasteiger partial charge in [-0.25, -0.2) is 0 Å². The third-order valence-electron chi connectivity index (χ3n) is 3.33. The van der Waals surface area contributed by atoms with Crippen LogP contribution in [0, 0.1) is 0 Å². The van der Waals surface area contributed by atoms with Crippen LogP contribution >= 0.6 is 23.8 Å². The number of halogens is 1. The van der Waals surface area contributed by atoms with Gasteiger partial charge >= 0.3 is 0 Å². The normalized spacial score (nSPS) is 11.6. The van der Waals surface area contributed by atoms with Gasteiger partial charge in [-0.1, -0.05) is 30.7 Å². The first kappa shape index (κ1) is 16.6. The average molecular weight is 335 g/mol. The minimum Gasteiger partial charge on any atom is -0.497 e. The Labute approximate surface area is 141 Å². The fraction of sp³-hybridized carbons (Fsp3) is 0.235. The smallest absolute Gasteiger partial charge is 0.171 e. The summed E-state index contributed by atoms with van der Waals surface area (Å²) in [5, 5.41) is 7.78. The molecule has 2 aromatic carbocycles. The summed E-state index contributed by atoms with van der Waals surface area (Å²) in [6, 6.07) is 15.6. The first-order chi connectivity index (χ1) is 10.6. The third-order valence-corrected chi connectivity index (χ3v) is 3.81. The van der Waals surface area contributed by atoms with Crippen molar-refractivity contribution in [2.24, 2.45) is 0 Å². The molecule has 0 unspecified atom stereocenters.